The molecule has 0 aliphatic heterocycles. The number of halogens is 1. The van der Waals surface area contributed by atoms with Crippen LogP contribution in [-0.4, -0.2) is 34.4 Å². The standard InChI is InChI=1S/C12H15FN2O4/c1-7-3-4-8(13)5-9(7)15-11(18)14-6-12(2,19)10(16)17/h3-5,19H,6H2,1-2H3,(H,16,17)(H2,14,15,18). The topological polar surface area (TPSA) is 98.7 Å². The highest BCUT2D eigenvalue weighted by Gasteiger charge is 2.30. The molecule has 7 heteroatoms. The Bertz CT molecular complexity index is 503. The monoisotopic (exact) mass is 270 g/mol. The van der Waals surface area contributed by atoms with Gasteiger partial charge < -0.3 is 20.8 Å². The van der Waals surface area contributed by atoms with Gasteiger partial charge in [-0.25, -0.2) is 14.0 Å². The number of aryl methyl sites for hydroxylation is 1. The summed E-state index contributed by atoms with van der Waals surface area (Å²) >= 11 is 0. The SMILES string of the molecule is Cc1ccc(F)cc1NC(=O)NCC(C)(O)C(=O)O. The number of carbonyl (C=O) groups is 2. The fourth-order valence-electron chi connectivity index (χ4n) is 1.22. The van der Waals surface area contributed by atoms with Gasteiger partial charge >= 0.3 is 12.0 Å². The molecule has 1 unspecified atom stereocenters. The molecule has 1 rings (SSSR count). The Labute approximate surface area is 109 Å². The van der Waals surface area contributed by atoms with Crippen LogP contribution in [0.4, 0.5) is 14.9 Å². The maximum absolute atomic E-state index is 13.0. The van der Waals surface area contributed by atoms with Crippen molar-refractivity contribution in [3.05, 3.63) is 29.6 Å². The molecule has 0 saturated carbocycles. The van der Waals surface area contributed by atoms with Crippen molar-refractivity contribution in [3.8, 4) is 0 Å². The maximum atomic E-state index is 13.0. The number of nitrogens with one attached hydrogen (secondary N) is 2. The van der Waals surface area contributed by atoms with Gasteiger partial charge in [-0.15, -0.1) is 0 Å². The number of anilines is 1. The summed E-state index contributed by atoms with van der Waals surface area (Å²) in [7, 11) is 0. The number of urea groups is 1. The number of amides is 2. The number of hydrogen-bond donors (Lipinski definition) is 4. The van der Waals surface area contributed by atoms with Crippen LogP contribution in [0, 0.1) is 12.7 Å². The summed E-state index contributed by atoms with van der Waals surface area (Å²) in [6, 6.07) is 3.17. The van der Waals surface area contributed by atoms with Crippen molar-refractivity contribution in [2.24, 2.45) is 0 Å². The molecular weight excluding hydrogens is 255 g/mol. The number of aliphatic hydroxyl groups is 1. The minimum absolute atomic E-state index is 0.271. The van der Waals surface area contributed by atoms with Crippen LogP contribution in [0.5, 0.6) is 0 Å². The van der Waals surface area contributed by atoms with Gasteiger partial charge in [-0.1, -0.05) is 6.07 Å². The van der Waals surface area contributed by atoms with Gasteiger partial charge in [-0.3, -0.25) is 0 Å². The van der Waals surface area contributed by atoms with E-state index in [1.165, 1.54) is 12.1 Å². The summed E-state index contributed by atoms with van der Waals surface area (Å²) in [5, 5.41) is 22.6. The quantitative estimate of drug-likeness (QED) is 0.658. The molecule has 0 aromatic heterocycles. The molecule has 0 saturated heterocycles. The second-order valence-electron chi connectivity index (χ2n) is 4.35. The largest absolute Gasteiger partial charge is 0.479 e. The van der Waals surface area contributed by atoms with Crippen molar-refractivity contribution in [2.45, 2.75) is 19.4 Å². The average Bonchev–Trinajstić information content (AvgIpc) is 2.31. The van der Waals surface area contributed by atoms with Gasteiger partial charge in [0.05, 0.1) is 6.54 Å². The lowest BCUT2D eigenvalue weighted by molar-refractivity contribution is -0.155. The zero-order valence-corrected chi connectivity index (χ0v) is 10.5. The highest BCUT2D eigenvalue weighted by atomic mass is 19.1. The molecule has 0 bridgehead atoms. The third-order valence-corrected chi connectivity index (χ3v) is 2.50. The van der Waals surface area contributed by atoms with E-state index in [1.54, 1.807) is 6.92 Å². The lowest BCUT2D eigenvalue weighted by Crippen LogP contribution is -2.47. The van der Waals surface area contributed by atoms with Gasteiger partial charge in [0.2, 0.25) is 0 Å². The van der Waals surface area contributed by atoms with Crippen molar-refractivity contribution >= 4 is 17.7 Å². The van der Waals surface area contributed by atoms with E-state index < -0.39 is 30.0 Å². The molecule has 0 spiro atoms. The van der Waals surface area contributed by atoms with Crippen LogP contribution in [0.15, 0.2) is 18.2 Å². The predicted molar refractivity (Wildman–Crippen MR) is 66.4 cm³/mol. The third-order valence-electron chi connectivity index (χ3n) is 2.50. The van der Waals surface area contributed by atoms with Crippen LogP contribution >= 0.6 is 0 Å². The van der Waals surface area contributed by atoms with E-state index in [-0.39, 0.29) is 5.69 Å². The second kappa shape index (κ2) is 5.66. The molecule has 1 aromatic rings. The van der Waals surface area contributed by atoms with Crippen molar-refractivity contribution in [3.63, 3.8) is 0 Å². The summed E-state index contributed by atoms with van der Waals surface area (Å²) in [4.78, 5) is 22.1. The maximum Gasteiger partial charge on any atom is 0.337 e. The number of carboxylic acid groups (broad SMARTS) is 1. The van der Waals surface area contributed by atoms with Crippen molar-refractivity contribution < 1.29 is 24.2 Å². The van der Waals surface area contributed by atoms with Gasteiger partial charge in [0.1, 0.15) is 5.82 Å². The van der Waals surface area contributed by atoms with Gasteiger partial charge in [0, 0.05) is 5.69 Å². The number of aliphatic carboxylic acids is 1. The van der Waals surface area contributed by atoms with Crippen molar-refractivity contribution in [1.29, 1.82) is 0 Å². The van der Waals surface area contributed by atoms with Crippen LogP contribution in [0.3, 0.4) is 0 Å². The normalized spacial score (nSPS) is 13.5. The molecule has 0 heterocycles. The molecule has 0 fully saturated rings. The third kappa shape index (κ3) is 4.22. The number of carboxylic acids is 1. The van der Waals surface area contributed by atoms with E-state index in [1.807, 2.05) is 0 Å². The highest BCUT2D eigenvalue weighted by Crippen LogP contribution is 2.15. The van der Waals surface area contributed by atoms with E-state index in [0.717, 1.165) is 13.0 Å². The number of rotatable bonds is 4. The number of hydrogen-bond acceptors (Lipinski definition) is 3. The highest BCUT2D eigenvalue weighted by molar-refractivity contribution is 5.90. The van der Waals surface area contributed by atoms with Crippen molar-refractivity contribution in [1.82, 2.24) is 5.32 Å². The minimum atomic E-state index is -2.06. The van der Waals surface area contributed by atoms with Crippen LogP contribution in [0.2, 0.25) is 0 Å². The Balaban J connectivity index is 2.61. The zero-order valence-electron chi connectivity index (χ0n) is 10.5. The Kier molecular flexibility index (Phi) is 4.44. The van der Waals surface area contributed by atoms with E-state index >= 15 is 0 Å². The summed E-state index contributed by atoms with van der Waals surface area (Å²) < 4.78 is 13.0. The molecule has 0 aliphatic rings. The second-order valence-corrected chi connectivity index (χ2v) is 4.35. The minimum Gasteiger partial charge on any atom is -0.479 e. The average molecular weight is 270 g/mol. The molecule has 104 valence electrons. The van der Waals surface area contributed by atoms with Gasteiger partial charge in [-0.2, -0.15) is 0 Å². The first-order valence-electron chi connectivity index (χ1n) is 5.49. The van der Waals surface area contributed by atoms with E-state index in [4.69, 9.17) is 5.11 Å². The summed E-state index contributed by atoms with van der Waals surface area (Å²) in [6.45, 7) is 2.27. The molecular formula is C12H15FN2O4. The molecule has 6 nitrogen and oxygen atoms in total. The summed E-state index contributed by atoms with van der Waals surface area (Å²) in [5.74, 6) is -1.95. The van der Waals surface area contributed by atoms with Gasteiger partial charge in [-0.05, 0) is 31.5 Å². The summed E-state index contributed by atoms with van der Waals surface area (Å²) in [5.41, 5.74) is -1.14. The number of carbonyl (C=O) groups excluding carboxylic acids is 1. The van der Waals surface area contributed by atoms with Crippen molar-refractivity contribution in [2.75, 3.05) is 11.9 Å². The van der Waals surface area contributed by atoms with Gasteiger partial charge in [0.25, 0.3) is 0 Å². The van der Waals surface area contributed by atoms with Crippen LogP contribution in [-0.2, 0) is 4.79 Å². The first kappa shape index (κ1) is 14.9. The molecule has 1 atom stereocenters. The Morgan fingerprint density at radius 3 is 2.63 bits per heavy atom. The van der Waals surface area contributed by atoms with Crippen LogP contribution in [0.1, 0.15) is 12.5 Å². The molecule has 1 aromatic carbocycles. The molecule has 0 radical (unpaired) electrons. The molecule has 0 aliphatic carbocycles. The Morgan fingerprint density at radius 1 is 1.42 bits per heavy atom. The Morgan fingerprint density at radius 2 is 2.05 bits per heavy atom. The molecule has 19 heavy (non-hydrogen) atoms. The van der Waals surface area contributed by atoms with E-state index in [0.29, 0.717) is 5.56 Å². The fraction of sp³-hybridized carbons (Fsp3) is 0.333. The first-order chi connectivity index (χ1) is 8.72. The van der Waals surface area contributed by atoms with Crippen LogP contribution in [0.25, 0.3) is 0 Å². The first-order valence-corrected chi connectivity index (χ1v) is 5.49. The lowest BCUT2D eigenvalue weighted by atomic mass is 10.1. The fourth-order valence-corrected chi connectivity index (χ4v) is 1.22. The lowest BCUT2D eigenvalue weighted by Gasteiger charge is -2.18. The van der Waals surface area contributed by atoms with Crippen LogP contribution < -0.4 is 10.6 Å². The molecule has 2 amide bonds. The molecule has 4 N–H and O–H groups in total. The van der Waals surface area contributed by atoms with Gasteiger partial charge in [0.15, 0.2) is 5.60 Å². The zero-order chi connectivity index (χ0) is 14.6. The summed E-state index contributed by atoms with van der Waals surface area (Å²) in [6.07, 6.45) is 0. The van der Waals surface area contributed by atoms with E-state index in [9.17, 15) is 19.1 Å². The smallest absolute Gasteiger partial charge is 0.337 e. The predicted octanol–water partition coefficient (Wildman–Crippen LogP) is 1.09. The number of benzene rings is 1. The Hall–Kier alpha value is -2.15. The van der Waals surface area contributed by atoms with E-state index in [2.05, 4.69) is 10.6 Å².